The van der Waals surface area contributed by atoms with Crippen LogP contribution in [-0.4, -0.2) is 17.0 Å². The maximum atomic E-state index is 11.7. The van der Waals surface area contributed by atoms with Gasteiger partial charge in [0.1, 0.15) is 0 Å². The number of hydrogen-bond donors (Lipinski definition) is 1. The molecule has 0 atom stereocenters. The fraction of sp³-hybridized carbons (Fsp3) is 0.0769. The van der Waals surface area contributed by atoms with Crippen molar-refractivity contribution in [2.45, 2.75) is 6.92 Å². The van der Waals surface area contributed by atoms with E-state index in [4.69, 9.17) is 0 Å². The molecule has 6 nitrogen and oxygen atoms in total. The third kappa shape index (κ3) is 3.48. The molecule has 20 heavy (non-hydrogen) atoms. The zero-order valence-corrected chi connectivity index (χ0v) is 11.4. The number of aryl methyl sites for hydroxylation is 1. The van der Waals surface area contributed by atoms with Crippen molar-refractivity contribution in [3.63, 3.8) is 0 Å². The maximum Gasteiger partial charge on any atom is 0.271 e. The maximum absolute atomic E-state index is 11.7. The minimum atomic E-state index is -0.515. The molecule has 7 heteroatoms. The average Bonchev–Trinajstić information content (AvgIpc) is 2.84. The Kier molecular flexibility index (Phi) is 4.21. The second-order valence-electron chi connectivity index (χ2n) is 3.95. The van der Waals surface area contributed by atoms with E-state index in [1.165, 1.54) is 24.3 Å². The number of nitro groups is 1. The minimum absolute atomic E-state index is 0.0564. The third-order valence-corrected chi connectivity index (χ3v) is 3.39. The summed E-state index contributed by atoms with van der Waals surface area (Å²) in [6, 6.07) is 9.20. The molecule has 2 aromatic rings. The minimum Gasteiger partial charge on any atom is -0.267 e. The Bertz CT molecular complexity index is 662. The number of benzene rings is 1. The molecule has 102 valence electrons. The number of thiophene rings is 1. The first-order valence-corrected chi connectivity index (χ1v) is 6.52. The van der Waals surface area contributed by atoms with Crippen molar-refractivity contribution in [3.05, 3.63) is 61.8 Å². The average molecular weight is 289 g/mol. The van der Waals surface area contributed by atoms with E-state index in [2.05, 4.69) is 10.5 Å². The molecule has 0 spiro atoms. The Balaban J connectivity index is 1.98. The molecule has 1 amide bonds. The highest BCUT2D eigenvalue weighted by Gasteiger charge is 2.08. The molecule has 1 heterocycles. The molecule has 1 aromatic heterocycles. The van der Waals surface area contributed by atoms with Gasteiger partial charge in [0.05, 0.1) is 11.1 Å². The van der Waals surface area contributed by atoms with Crippen LogP contribution in [0.3, 0.4) is 0 Å². The first-order valence-electron chi connectivity index (χ1n) is 5.70. The van der Waals surface area contributed by atoms with E-state index < -0.39 is 10.8 Å². The molecule has 0 bridgehead atoms. The van der Waals surface area contributed by atoms with Gasteiger partial charge in [0.15, 0.2) is 0 Å². The third-order valence-electron chi connectivity index (χ3n) is 2.46. The van der Waals surface area contributed by atoms with Crippen LogP contribution in [0.15, 0.2) is 41.5 Å². The highest BCUT2D eigenvalue weighted by Crippen LogP contribution is 2.13. The molecule has 0 radical (unpaired) electrons. The smallest absolute Gasteiger partial charge is 0.267 e. The van der Waals surface area contributed by atoms with E-state index in [-0.39, 0.29) is 5.69 Å². The molecule has 2 rings (SSSR count). The van der Waals surface area contributed by atoms with Gasteiger partial charge < -0.3 is 0 Å². The molecule has 0 saturated heterocycles. The Morgan fingerprint density at radius 3 is 2.55 bits per heavy atom. The van der Waals surface area contributed by atoms with Crippen LogP contribution in [-0.2, 0) is 0 Å². The van der Waals surface area contributed by atoms with Crippen LogP contribution in [0.5, 0.6) is 0 Å². The van der Waals surface area contributed by atoms with Gasteiger partial charge in [0, 0.05) is 27.5 Å². The Hall–Kier alpha value is -2.54. The molecule has 1 aromatic carbocycles. The number of rotatable bonds is 4. The summed E-state index contributed by atoms with van der Waals surface area (Å²) >= 11 is 1.56. The summed E-state index contributed by atoms with van der Waals surface area (Å²) in [4.78, 5) is 23.8. The summed E-state index contributed by atoms with van der Waals surface area (Å²) < 4.78 is 0. The molecule has 1 N–H and O–H groups in total. The quantitative estimate of drug-likeness (QED) is 0.533. The summed E-state index contributed by atoms with van der Waals surface area (Å²) in [6.07, 6.45) is 1.56. The van der Waals surface area contributed by atoms with Gasteiger partial charge in [-0.05, 0) is 31.2 Å². The molecular formula is C13H11N3O3S. The lowest BCUT2D eigenvalue weighted by Gasteiger charge is -1.98. The number of amides is 1. The molecule has 0 aliphatic carbocycles. The van der Waals surface area contributed by atoms with Gasteiger partial charge >= 0.3 is 0 Å². The number of nitrogens with zero attached hydrogens (tertiary/aromatic N) is 2. The number of nitrogens with one attached hydrogen (secondary N) is 1. The van der Waals surface area contributed by atoms with Crippen LogP contribution in [0.2, 0.25) is 0 Å². The number of non-ortho nitro benzene ring substituents is 1. The Labute approximate surface area is 118 Å². The first kappa shape index (κ1) is 13.9. The molecule has 0 aliphatic rings. The number of nitro benzene ring substituents is 1. The second-order valence-corrected chi connectivity index (χ2v) is 5.27. The van der Waals surface area contributed by atoms with E-state index in [1.807, 2.05) is 19.1 Å². The van der Waals surface area contributed by atoms with Gasteiger partial charge in [-0.3, -0.25) is 14.9 Å². The summed E-state index contributed by atoms with van der Waals surface area (Å²) in [6.45, 7) is 1.98. The lowest BCUT2D eigenvalue weighted by atomic mass is 10.2. The van der Waals surface area contributed by atoms with Gasteiger partial charge in [-0.25, -0.2) is 5.43 Å². The zero-order valence-electron chi connectivity index (χ0n) is 10.6. The van der Waals surface area contributed by atoms with Crippen molar-refractivity contribution in [1.29, 1.82) is 0 Å². The number of hydrazone groups is 1. The van der Waals surface area contributed by atoms with Crippen molar-refractivity contribution in [3.8, 4) is 0 Å². The van der Waals surface area contributed by atoms with Crippen LogP contribution >= 0.6 is 11.3 Å². The molecule has 0 unspecified atom stereocenters. The van der Waals surface area contributed by atoms with Crippen molar-refractivity contribution in [2.24, 2.45) is 5.10 Å². The fourth-order valence-electron chi connectivity index (χ4n) is 1.48. The first-order chi connectivity index (χ1) is 9.56. The predicted molar refractivity (Wildman–Crippen MR) is 77.2 cm³/mol. The van der Waals surface area contributed by atoms with Gasteiger partial charge in [0.25, 0.3) is 11.6 Å². The largest absolute Gasteiger partial charge is 0.271 e. The summed E-state index contributed by atoms with van der Waals surface area (Å²) in [5.41, 5.74) is 2.63. The van der Waals surface area contributed by atoms with E-state index in [0.717, 1.165) is 9.75 Å². The Morgan fingerprint density at radius 1 is 1.30 bits per heavy atom. The predicted octanol–water partition coefficient (Wildman–Crippen LogP) is 2.73. The normalized spacial score (nSPS) is 10.7. The highest BCUT2D eigenvalue weighted by atomic mass is 32.1. The molecule has 0 saturated carbocycles. The fourth-order valence-corrected chi connectivity index (χ4v) is 2.23. The zero-order chi connectivity index (χ0) is 14.5. The number of carbonyl (C=O) groups is 1. The van der Waals surface area contributed by atoms with Gasteiger partial charge in [0.2, 0.25) is 0 Å². The topological polar surface area (TPSA) is 84.6 Å². The van der Waals surface area contributed by atoms with Crippen molar-refractivity contribution >= 4 is 29.1 Å². The summed E-state index contributed by atoms with van der Waals surface area (Å²) in [7, 11) is 0. The Morgan fingerprint density at radius 2 is 2.00 bits per heavy atom. The summed E-state index contributed by atoms with van der Waals surface area (Å²) in [5.74, 6) is -0.413. The van der Waals surface area contributed by atoms with E-state index in [9.17, 15) is 14.9 Å². The lowest BCUT2D eigenvalue weighted by molar-refractivity contribution is -0.384. The van der Waals surface area contributed by atoms with Crippen molar-refractivity contribution < 1.29 is 9.72 Å². The molecule has 0 aliphatic heterocycles. The standard InChI is InChI=1S/C13H11N3O3S/c1-9-2-7-12(20-9)8-14-15-13(17)10-3-5-11(6-4-10)16(18)19/h2-8H,1H3,(H,15,17)/b14-8+. The van der Waals surface area contributed by atoms with Gasteiger partial charge in [-0.1, -0.05) is 0 Å². The number of carbonyl (C=O) groups excluding carboxylic acids is 1. The second kappa shape index (κ2) is 6.07. The molecular weight excluding hydrogens is 278 g/mol. The van der Waals surface area contributed by atoms with E-state index in [0.29, 0.717) is 5.56 Å². The monoisotopic (exact) mass is 289 g/mol. The lowest BCUT2D eigenvalue weighted by Crippen LogP contribution is -2.17. The van der Waals surface area contributed by atoms with Crippen molar-refractivity contribution in [1.82, 2.24) is 5.43 Å². The SMILES string of the molecule is Cc1ccc(/C=N/NC(=O)c2ccc([N+](=O)[O-])cc2)s1. The van der Waals surface area contributed by atoms with Crippen LogP contribution < -0.4 is 5.43 Å². The molecule has 0 fully saturated rings. The van der Waals surface area contributed by atoms with E-state index >= 15 is 0 Å². The van der Waals surface area contributed by atoms with Crippen molar-refractivity contribution in [2.75, 3.05) is 0 Å². The van der Waals surface area contributed by atoms with Crippen LogP contribution in [0, 0.1) is 17.0 Å². The van der Waals surface area contributed by atoms with E-state index in [1.54, 1.807) is 17.6 Å². The van der Waals surface area contributed by atoms with Crippen LogP contribution in [0.4, 0.5) is 5.69 Å². The highest BCUT2D eigenvalue weighted by molar-refractivity contribution is 7.13. The van der Waals surface area contributed by atoms with Gasteiger partial charge in [-0.15, -0.1) is 11.3 Å². The van der Waals surface area contributed by atoms with Crippen LogP contribution in [0.25, 0.3) is 0 Å². The van der Waals surface area contributed by atoms with Crippen LogP contribution in [0.1, 0.15) is 20.1 Å². The van der Waals surface area contributed by atoms with Gasteiger partial charge in [-0.2, -0.15) is 5.10 Å². The number of hydrogen-bond acceptors (Lipinski definition) is 5. The summed E-state index contributed by atoms with van der Waals surface area (Å²) in [5, 5.41) is 14.3.